The Labute approximate surface area is 183 Å². The second kappa shape index (κ2) is 9.20. The molecule has 31 heavy (non-hydrogen) atoms. The highest BCUT2D eigenvalue weighted by Crippen LogP contribution is 2.23. The first-order chi connectivity index (χ1) is 15.1. The first-order valence-corrected chi connectivity index (χ1v) is 10.7. The number of hydrogen-bond acceptors (Lipinski definition) is 5. The minimum absolute atomic E-state index is 0.210. The summed E-state index contributed by atoms with van der Waals surface area (Å²) in [6, 6.07) is 11.9. The van der Waals surface area contributed by atoms with Crippen LogP contribution < -0.4 is 9.64 Å². The topological polar surface area (TPSA) is 63.5 Å². The van der Waals surface area contributed by atoms with Gasteiger partial charge in [-0.1, -0.05) is 6.07 Å². The number of ether oxygens (including phenoxy) is 1. The highest BCUT2D eigenvalue weighted by molar-refractivity contribution is 5.77. The van der Waals surface area contributed by atoms with Gasteiger partial charge in [0.15, 0.2) is 0 Å². The van der Waals surface area contributed by atoms with Gasteiger partial charge in [-0.05, 0) is 50.1 Å². The number of aryl methyl sites for hydroxylation is 1. The van der Waals surface area contributed by atoms with Gasteiger partial charge in [0.2, 0.25) is 5.91 Å². The molecule has 0 saturated carbocycles. The monoisotopic (exact) mass is 419 g/mol. The fraction of sp³-hybridized carbons (Fsp3) is 0.375. The molecular formula is C24H29N5O2. The number of rotatable bonds is 6. The van der Waals surface area contributed by atoms with Gasteiger partial charge in [0.1, 0.15) is 5.75 Å². The number of anilines is 1. The van der Waals surface area contributed by atoms with E-state index in [9.17, 15) is 4.79 Å². The van der Waals surface area contributed by atoms with Gasteiger partial charge >= 0.3 is 0 Å². The molecule has 162 valence electrons. The Morgan fingerprint density at radius 2 is 1.77 bits per heavy atom. The van der Waals surface area contributed by atoms with Crippen molar-refractivity contribution >= 4 is 11.6 Å². The molecule has 3 aromatic rings. The summed E-state index contributed by atoms with van der Waals surface area (Å²) in [6.07, 6.45) is 4.82. The van der Waals surface area contributed by atoms with Crippen molar-refractivity contribution in [2.24, 2.45) is 0 Å². The van der Waals surface area contributed by atoms with Crippen molar-refractivity contribution in [3.05, 3.63) is 65.7 Å². The van der Waals surface area contributed by atoms with Crippen LogP contribution in [0.2, 0.25) is 0 Å². The zero-order valence-electron chi connectivity index (χ0n) is 18.4. The first-order valence-electron chi connectivity index (χ1n) is 10.7. The van der Waals surface area contributed by atoms with E-state index in [1.165, 1.54) is 5.69 Å². The molecule has 7 heteroatoms. The summed E-state index contributed by atoms with van der Waals surface area (Å²) in [5.41, 5.74) is 5.31. The van der Waals surface area contributed by atoms with E-state index in [-0.39, 0.29) is 5.91 Å². The van der Waals surface area contributed by atoms with E-state index in [0.717, 1.165) is 54.6 Å². The van der Waals surface area contributed by atoms with E-state index in [0.29, 0.717) is 12.8 Å². The molecule has 1 amide bonds. The third kappa shape index (κ3) is 4.55. The van der Waals surface area contributed by atoms with E-state index in [2.05, 4.69) is 16.8 Å². The largest absolute Gasteiger partial charge is 0.497 e. The Hall–Kier alpha value is -3.35. The van der Waals surface area contributed by atoms with E-state index in [4.69, 9.17) is 9.84 Å². The van der Waals surface area contributed by atoms with Crippen molar-refractivity contribution in [1.29, 1.82) is 0 Å². The van der Waals surface area contributed by atoms with Gasteiger partial charge in [0.05, 0.1) is 18.5 Å². The van der Waals surface area contributed by atoms with Crippen molar-refractivity contribution in [1.82, 2.24) is 19.7 Å². The number of benzene rings is 1. The van der Waals surface area contributed by atoms with E-state index >= 15 is 0 Å². The van der Waals surface area contributed by atoms with Crippen LogP contribution in [-0.4, -0.2) is 58.9 Å². The predicted octanol–water partition coefficient (Wildman–Crippen LogP) is 3.17. The van der Waals surface area contributed by atoms with Crippen molar-refractivity contribution in [2.45, 2.75) is 26.7 Å². The molecule has 1 saturated heterocycles. The molecule has 0 aliphatic carbocycles. The Bertz CT molecular complexity index is 1040. The Morgan fingerprint density at radius 1 is 1.03 bits per heavy atom. The molecule has 7 nitrogen and oxygen atoms in total. The van der Waals surface area contributed by atoms with Gasteiger partial charge in [-0.15, -0.1) is 0 Å². The zero-order chi connectivity index (χ0) is 21.8. The van der Waals surface area contributed by atoms with E-state index in [1.807, 2.05) is 65.3 Å². The van der Waals surface area contributed by atoms with Crippen LogP contribution in [-0.2, 0) is 11.2 Å². The van der Waals surface area contributed by atoms with Crippen molar-refractivity contribution in [2.75, 3.05) is 38.2 Å². The third-order valence-electron chi connectivity index (χ3n) is 5.99. The molecule has 0 radical (unpaired) electrons. The lowest BCUT2D eigenvalue weighted by molar-refractivity contribution is -0.131. The molecule has 0 bridgehead atoms. The number of carbonyl (C=O) groups is 1. The normalized spacial score (nSPS) is 14.0. The summed E-state index contributed by atoms with van der Waals surface area (Å²) >= 11 is 0. The summed E-state index contributed by atoms with van der Waals surface area (Å²) in [4.78, 5) is 21.2. The summed E-state index contributed by atoms with van der Waals surface area (Å²) in [6.45, 7) is 7.28. The Morgan fingerprint density at radius 3 is 2.48 bits per heavy atom. The maximum absolute atomic E-state index is 12.9. The Kier molecular flexibility index (Phi) is 6.21. The molecular weight excluding hydrogens is 390 g/mol. The lowest BCUT2D eigenvalue weighted by Gasteiger charge is -2.36. The number of piperazine rings is 1. The molecule has 3 heterocycles. The minimum atomic E-state index is 0.210. The maximum Gasteiger partial charge on any atom is 0.223 e. The summed E-state index contributed by atoms with van der Waals surface area (Å²) in [7, 11) is 1.66. The standard InChI is InChI=1S/C24H29N5O2/c1-18-23(19(2)29(26-18)21-5-4-6-22(17-21)31-3)7-8-24(30)28-15-13-27(14-16-28)20-9-11-25-12-10-20/h4-6,9-12,17H,7-8,13-16H2,1-3H3. The van der Waals surface area contributed by atoms with Crippen LogP contribution in [0, 0.1) is 13.8 Å². The number of carbonyl (C=O) groups excluding carboxylic acids is 1. The van der Waals surface area contributed by atoms with Gasteiger partial charge in [-0.3, -0.25) is 9.78 Å². The van der Waals surface area contributed by atoms with Crippen molar-refractivity contribution in [3.8, 4) is 11.4 Å². The summed E-state index contributed by atoms with van der Waals surface area (Å²) < 4.78 is 7.27. The molecule has 1 aliphatic rings. The lowest BCUT2D eigenvalue weighted by atomic mass is 10.1. The fourth-order valence-corrected chi connectivity index (χ4v) is 4.19. The smallest absolute Gasteiger partial charge is 0.223 e. The van der Waals surface area contributed by atoms with Crippen LogP contribution in [0.5, 0.6) is 5.75 Å². The zero-order valence-corrected chi connectivity index (χ0v) is 18.4. The number of hydrogen-bond donors (Lipinski definition) is 0. The molecule has 2 aromatic heterocycles. The van der Waals surface area contributed by atoms with E-state index in [1.54, 1.807) is 7.11 Å². The van der Waals surface area contributed by atoms with Gasteiger partial charge in [-0.25, -0.2) is 4.68 Å². The van der Waals surface area contributed by atoms with Gasteiger partial charge in [0, 0.05) is 62.4 Å². The molecule has 1 aliphatic heterocycles. The predicted molar refractivity (Wildman–Crippen MR) is 121 cm³/mol. The minimum Gasteiger partial charge on any atom is -0.497 e. The van der Waals surface area contributed by atoms with Crippen molar-refractivity contribution in [3.63, 3.8) is 0 Å². The average molecular weight is 420 g/mol. The highest BCUT2D eigenvalue weighted by atomic mass is 16.5. The number of pyridine rings is 1. The molecule has 1 aromatic carbocycles. The van der Waals surface area contributed by atoms with Gasteiger partial charge < -0.3 is 14.5 Å². The summed E-state index contributed by atoms with van der Waals surface area (Å²) in [5.74, 6) is 1.01. The lowest BCUT2D eigenvalue weighted by Crippen LogP contribution is -2.48. The number of methoxy groups -OCH3 is 1. The van der Waals surface area contributed by atoms with Crippen LogP contribution in [0.3, 0.4) is 0 Å². The molecule has 0 atom stereocenters. The number of nitrogens with zero attached hydrogens (tertiary/aromatic N) is 5. The third-order valence-corrected chi connectivity index (χ3v) is 5.99. The van der Waals surface area contributed by atoms with Crippen LogP contribution in [0.4, 0.5) is 5.69 Å². The van der Waals surface area contributed by atoms with E-state index < -0.39 is 0 Å². The second-order valence-corrected chi connectivity index (χ2v) is 7.84. The first kappa shape index (κ1) is 20.9. The van der Waals surface area contributed by atoms with Gasteiger partial charge in [-0.2, -0.15) is 5.10 Å². The molecule has 0 N–H and O–H groups in total. The van der Waals surface area contributed by atoms with Crippen LogP contribution >= 0.6 is 0 Å². The van der Waals surface area contributed by atoms with Crippen LogP contribution in [0.1, 0.15) is 23.4 Å². The average Bonchev–Trinajstić information content (AvgIpc) is 3.11. The van der Waals surface area contributed by atoms with Crippen LogP contribution in [0.15, 0.2) is 48.8 Å². The van der Waals surface area contributed by atoms with Gasteiger partial charge in [0.25, 0.3) is 0 Å². The molecule has 4 rings (SSSR count). The SMILES string of the molecule is COc1cccc(-n2nc(C)c(CCC(=O)N3CCN(c4ccncc4)CC3)c2C)c1. The maximum atomic E-state index is 12.9. The fourth-order valence-electron chi connectivity index (χ4n) is 4.19. The Balaban J connectivity index is 1.37. The summed E-state index contributed by atoms with van der Waals surface area (Å²) in [5, 5.41) is 4.71. The molecule has 1 fully saturated rings. The van der Waals surface area contributed by atoms with Crippen LogP contribution in [0.25, 0.3) is 5.69 Å². The quantitative estimate of drug-likeness (QED) is 0.614. The molecule has 0 spiro atoms. The number of amides is 1. The second-order valence-electron chi connectivity index (χ2n) is 7.84. The highest BCUT2D eigenvalue weighted by Gasteiger charge is 2.22. The number of aromatic nitrogens is 3. The molecule has 0 unspecified atom stereocenters. The van der Waals surface area contributed by atoms with Crippen molar-refractivity contribution < 1.29 is 9.53 Å².